The van der Waals surface area contributed by atoms with Crippen LogP contribution in [-0.2, 0) is 4.43 Å². The molecule has 140 valence electrons. The summed E-state index contributed by atoms with van der Waals surface area (Å²) in [7, 11) is -1.45. The van der Waals surface area contributed by atoms with Crippen molar-refractivity contribution in [3.05, 3.63) is 0 Å². The summed E-state index contributed by atoms with van der Waals surface area (Å²) in [6.45, 7) is 16.7. The van der Waals surface area contributed by atoms with Gasteiger partial charge >= 0.3 is 154 Å². The Balaban J connectivity index is 5.40. The van der Waals surface area contributed by atoms with Crippen LogP contribution >= 0.6 is 0 Å². The Kier molecular flexibility index (Phi) is 13.8. The standard InChI is InChI=1S/C8H19OSi.3C4H9.Sn/c1-5-6-7-8-9-10(2,3)4;3*1-3-4-2;/h8H,5-7H2,1-4H3;3*1,3-4H2,2H3;. The van der Waals surface area contributed by atoms with Crippen LogP contribution in [0.3, 0.4) is 0 Å². The van der Waals surface area contributed by atoms with E-state index in [9.17, 15) is 0 Å². The molecule has 0 aliphatic rings. The molecule has 1 nitrogen and oxygen atoms in total. The van der Waals surface area contributed by atoms with Gasteiger partial charge in [0.05, 0.1) is 0 Å². The predicted molar refractivity (Wildman–Crippen MR) is 113 cm³/mol. The number of rotatable bonds is 15. The van der Waals surface area contributed by atoms with Gasteiger partial charge in [-0.05, 0) is 0 Å². The van der Waals surface area contributed by atoms with Crippen LogP contribution in [0.2, 0.25) is 33.0 Å². The molecule has 0 spiro atoms. The molecule has 0 radical (unpaired) electrons. The predicted octanol–water partition coefficient (Wildman–Crippen LogP) is 7.79. The van der Waals surface area contributed by atoms with Crippen LogP contribution in [0.5, 0.6) is 0 Å². The molecule has 0 heterocycles. The second-order valence-electron chi connectivity index (χ2n) is 8.53. The second-order valence-corrected chi connectivity index (χ2v) is 26.9. The third kappa shape index (κ3) is 10.5. The molecule has 0 bridgehead atoms. The molecule has 0 aliphatic heterocycles. The molecule has 0 fully saturated rings. The first-order chi connectivity index (χ1) is 10.8. The van der Waals surface area contributed by atoms with Gasteiger partial charge in [-0.1, -0.05) is 0 Å². The van der Waals surface area contributed by atoms with Crippen molar-refractivity contribution in [3.63, 3.8) is 0 Å². The molecule has 0 N–H and O–H groups in total. The van der Waals surface area contributed by atoms with Crippen molar-refractivity contribution in [1.29, 1.82) is 0 Å². The zero-order chi connectivity index (χ0) is 17.8. The summed E-state index contributed by atoms with van der Waals surface area (Å²) in [6.07, 6.45) is 12.5. The molecule has 0 amide bonds. The molecule has 0 aromatic rings. The van der Waals surface area contributed by atoms with Crippen molar-refractivity contribution in [3.8, 4) is 0 Å². The van der Waals surface area contributed by atoms with Crippen molar-refractivity contribution in [2.75, 3.05) is 0 Å². The van der Waals surface area contributed by atoms with Crippen molar-refractivity contribution in [2.24, 2.45) is 0 Å². The van der Waals surface area contributed by atoms with E-state index >= 15 is 0 Å². The van der Waals surface area contributed by atoms with E-state index < -0.39 is 26.7 Å². The molecular formula is C20H46OSiSn. The van der Waals surface area contributed by atoms with Gasteiger partial charge in [0.15, 0.2) is 0 Å². The Morgan fingerprint density at radius 3 is 1.39 bits per heavy atom. The van der Waals surface area contributed by atoms with Crippen LogP contribution in [0.4, 0.5) is 0 Å². The fourth-order valence-corrected chi connectivity index (χ4v) is 26.4. The molecule has 0 aromatic carbocycles. The van der Waals surface area contributed by atoms with Crippen molar-refractivity contribution in [1.82, 2.24) is 0 Å². The minimum atomic E-state index is -2.23. The van der Waals surface area contributed by atoms with Gasteiger partial charge in [0, 0.05) is 0 Å². The summed E-state index contributed by atoms with van der Waals surface area (Å²) in [5.74, 6) is 0. The monoisotopic (exact) mass is 450 g/mol. The van der Waals surface area contributed by atoms with Gasteiger partial charge in [0.1, 0.15) is 0 Å². The van der Waals surface area contributed by atoms with E-state index in [1.807, 2.05) is 0 Å². The van der Waals surface area contributed by atoms with Crippen LogP contribution in [0, 0.1) is 0 Å². The summed E-state index contributed by atoms with van der Waals surface area (Å²) < 4.78 is 12.4. The first kappa shape index (κ1) is 24.0. The number of hydrogen-bond acceptors (Lipinski definition) is 1. The van der Waals surface area contributed by atoms with Crippen LogP contribution in [0.15, 0.2) is 0 Å². The molecule has 1 atom stereocenters. The Labute approximate surface area is 153 Å². The van der Waals surface area contributed by atoms with Crippen LogP contribution in [-0.4, -0.2) is 30.8 Å². The first-order valence-electron chi connectivity index (χ1n) is 10.5. The van der Waals surface area contributed by atoms with E-state index in [0.717, 1.165) is 0 Å². The van der Waals surface area contributed by atoms with Gasteiger partial charge in [-0.2, -0.15) is 0 Å². The van der Waals surface area contributed by atoms with Crippen molar-refractivity contribution >= 4 is 26.7 Å². The molecule has 0 saturated heterocycles. The van der Waals surface area contributed by atoms with Crippen LogP contribution in [0.1, 0.15) is 85.5 Å². The molecular weight excluding hydrogens is 403 g/mol. The van der Waals surface area contributed by atoms with Gasteiger partial charge in [0.25, 0.3) is 0 Å². The average molecular weight is 449 g/mol. The Hall–Kier alpha value is 0.976. The summed E-state index contributed by atoms with van der Waals surface area (Å²) in [4.78, 5) is 0. The topological polar surface area (TPSA) is 9.23 Å². The molecule has 23 heavy (non-hydrogen) atoms. The molecule has 0 aliphatic carbocycles. The van der Waals surface area contributed by atoms with E-state index in [0.29, 0.717) is 4.12 Å². The van der Waals surface area contributed by atoms with Gasteiger partial charge in [0.2, 0.25) is 0 Å². The van der Waals surface area contributed by atoms with Gasteiger partial charge in [-0.3, -0.25) is 0 Å². The van der Waals surface area contributed by atoms with E-state index in [1.165, 1.54) is 57.8 Å². The third-order valence-corrected chi connectivity index (χ3v) is 23.4. The fraction of sp³-hybridized carbons (Fsp3) is 1.00. The Morgan fingerprint density at radius 1 is 0.696 bits per heavy atom. The number of unbranched alkanes of at least 4 members (excludes halogenated alkanes) is 4. The summed E-state index contributed by atoms with van der Waals surface area (Å²) in [6, 6.07) is 0. The van der Waals surface area contributed by atoms with Crippen LogP contribution in [0.25, 0.3) is 0 Å². The summed E-state index contributed by atoms with van der Waals surface area (Å²) in [5, 5.41) is 0. The molecule has 0 aromatic heterocycles. The molecule has 1 unspecified atom stereocenters. The van der Waals surface area contributed by atoms with E-state index in [1.54, 1.807) is 13.3 Å². The fourth-order valence-electron chi connectivity index (χ4n) is 3.75. The maximum atomic E-state index is 6.93. The summed E-state index contributed by atoms with van der Waals surface area (Å²) >= 11 is -2.23. The minimum absolute atomic E-state index is 0.709. The maximum absolute atomic E-state index is 6.93. The number of hydrogen-bond donors (Lipinski definition) is 0. The zero-order valence-electron chi connectivity index (χ0n) is 17.5. The first-order valence-corrected chi connectivity index (χ1v) is 21.6. The second kappa shape index (κ2) is 13.2. The van der Waals surface area contributed by atoms with Crippen LogP contribution < -0.4 is 0 Å². The van der Waals surface area contributed by atoms with E-state index in [2.05, 4.69) is 47.3 Å². The average Bonchev–Trinajstić information content (AvgIpc) is 2.50. The third-order valence-electron chi connectivity index (χ3n) is 5.08. The molecule has 0 rings (SSSR count). The van der Waals surface area contributed by atoms with Gasteiger partial charge in [-0.15, -0.1) is 0 Å². The molecule has 3 heteroatoms. The quantitative estimate of drug-likeness (QED) is 0.232. The molecule has 0 saturated carbocycles. The summed E-state index contributed by atoms with van der Waals surface area (Å²) in [5.41, 5.74) is 0. The normalized spacial score (nSPS) is 14.2. The Morgan fingerprint density at radius 2 is 1.09 bits per heavy atom. The van der Waals surface area contributed by atoms with Crippen molar-refractivity contribution in [2.45, 2.75) is 123 Å². The van der Waals surface area contributed by atoms with E-state index in [-0.39, 0.29) is 0 Å². The zero-order valence-corrected chi connectivity index (χ0v) is 21.3. The van der Waals surface area contributed by atoms with Gasteiger partial charge in [-0.25, -0.2) is 0 Å². The van der Waals surface area contributed by atoms with Gasteiger partial charge < -0.3 is 0 Å². The SMILES string of the molecule is CCCC[CH](O[Si](C)(C)C)[Sn]([CH2]CCC)([CH2]CCC)[CH2]CCC. The van der Waals surface area contributed by atoms with Crippen molar-refractivity contribution < 1.29 is 4.43 Å². The van der Waals surface area contributed by atoms with E-state index in [4.69, 9.17) is 4.43 Å². The Bertz CT molecular complexity index is 254.